The molecule has 1 aromatic rings. The van der Waals surface area contributed by atoms with E-state index in [1.165, 1.54) is 0 Å². The highest BCUT2D eigenvalue weighted by Gasteiger charge is 2.01. The Morgan fingerprint density at radius 1 is 1.43 bits per heavy atom. The highest BCUT2D eigenvalue weighted by molar-refractivity contribution is 5.34. The molecule has 1 atom stereocenters. The maximum atomic E-state index is 9.34. The first-order valence-electron chi connectivity index (χ1n) is 4.99. The maximum Gasteiger partial charge on any atom is 0.129 e. The van der Waals surface area contributed by atoms with Crippen LogP contribution in [0.5, 0.6) is 0 Å². The Balaban J connectivity index is 2.50. The Kier molecular flexibility index (Phi) is 4.32. The summed E-state index contributed by atoms with van der Waals surface area (Å²) in [5.41, 5.74) is 1.01. The second-order valence-corrected chi connectivity index (χ2v) is 3.19. The summed E-state index contributed by atoms with van der Waals surface area (Å²) in [4.78, 5) is 8.15. The Labute approximate surface area is 84.4 Å². The zero-order valence-corrected chi connectivity index (χ0v) is 8.70. The summed E-state index contributed by atoms with van der Waals surface area (Å²) in [6.45, 7) is 4.54. The van der Waals surface area contributed by atoms with Crippen LogP contribution in [0.2, 0.25) is 0 Å². The summed E-state index contributed by atoms with van der Waals surface area (Å²) in [7, 11) is 0. The van der Waals surface area contributed by atoms with Crippen LogP contribution in [0.25, 0.3) is 0 Å². The number of aliphatic hydroxyl groups excluding tert-OH is 1. The molecular weight excluding hydrogens is 178 g/mol. The lowest BCUT2D eigenvalue weighted by atomic mass is 10.3. The molecule has 0 spiro atoms. The molecule has 0 fully saturated rings. The number of anilines is 1. The standard InChI is InChI=1S/C10H17N3O/c1-3-8-5-10(13-7-12-8)11-6-9(14)4-2/h5,7,9,14H,3-4,6H2,1-2H3,(H,11,12,13). The Morgan fingerprint density at radius 2 is 2.21 bits per heavy atom. The van der Waals surface area contributed by atoms with Gasteiger partial charge in [0.25, 0.3) is 0 Å². The van der Waals surface area contributed by atoms with Crippen molar-refractivity contribution in [1.29, 1.82) is 0 Å². The second kappa shape index (κ2) is 5.54. The van der Waals surface area contributed by atoms with E-state index in [4.69, 9.17) is 0 Å². The summed E-state index contributed by atoms with van der Waals surface area (Å²) in [6.07, 6.45) is 2.88. The zero-order chi connectivity index (χ0) is 10.4. The van der Waals surface area contributed by atoms with E-state index < -0.39 is 0 Å². The number of aliphatic hydroxyl groups is 1. The van der Waals surface area contributed by atoms with Crippen molar-refractivity contribution in [3.05, 3.63) is 18.1 Å². The van der Waals surface area contributed by atoms with Gasteiger partial charge in [-0.05, 0) is 12.8 Å². The summed E-state index contributed by atoms with van der Waals surface area (Å²) in [5.74, 6) is 0.782. The van der Waals surface area contributed by atoms with E-state index >= 15 is 0 Å². The Bertz CT molecular complexity index is 278. The molecule has 0 aliphatic rings. The van der Waals surface area contributed by atoms with Gasteiger partial charge in [0.15, 0.2) is 0 Å². The largest absolute Gasteiger partial charge is 0.391 e. The van der Waals surface area contributed by atoms with Crippen LogP contribution < -0.4 is 5.32 Å². The van der Waals surface area contributed by atoms with E-state index in [2.05, 4.69) is 15.3 Å². The highest BCUT2D eigenvalue weighted by Crippen LogP contribution is 2.04. The zero-order valence-electron chi connectivity index (χ0n) is 8.70. The first-order chi connectivity index (χ1) is 6.76. The molecule has 14 heavy (non-hydrogen) atoms. The molecule has 0 aromatic carbocycles. The lowest BCUT2D eigenvalue weighted by Crippen LogP contribution is -2.18. The van der Waals surface area contributed by atoms with Crippen LogP contribution in [0, 0.1) is 0 Å². The molecule has 1 rings (SSSR count). The Morgan fingerprint density at radius 3 is 2.86 bits per heavy atom. The minimum absolute atomic E-state index is 0.310. The van der Waals surface area contributed by atoms with Gasteiger partial charge in [0.1, 0.15) is 12.1 Å². The molecule has 4 heteroatoms. The molecule has 0 saturated carbocycles. The van der Waals surface area contributed by atoms with Crippen LogP contribution in [0.3, 0.4) is 0 Å². The fourth-order valence-electron chi connectivity index (χ4n) is 1.05. The molecule has 1 unspecified atom stereocenters. The van der Waals surface area contributed by atoms with E-state index in [0.717, 1.165) is 24.4 Å². The van der Waals surface area contributed by atoms with Crippen molar-refractivity contribution in [2.45, 2.75) is 32.8 Å². The molecule has 0 amide bonds. The van der Waals surface area contributed by atoms with Crippen molar-refractivity contribution in [2.24, 2.45) is 0 Å². The third-order valence-electron chi connectivity index (χ3n) is 2.08. The van der Waals surface area contributed by atoms with Gasteiger partial charge < -0.3 is 10.4 Å². The van der Waals surface area contributed by atoms with Gasteiger partial charge in [0.2, 0.25) is 0 Å². The monoisotopic (exact) mass is 195 g/mol. The molecule has 0 saturated heterocycles. The molecule has 0 radical (unpaired) electrons. The van der Waals surface area contributed by atoms with Crippen LogP contribution in [-0.4, -0.2) is 27.7 Å². The smallest absolute Gasteiger partial charge is 0.129 e. The van der Waals surface area contributed by atoms with Crippen molar-refractivity contribution in [3.63, 3.8) is 0 Å². The number of aryl methyl sites for hydroxylation is 1. The minimum atomic E-state index is -0.310. The van der Waals surface area contributed by atoms with Gasteiger partial charge >= 0.3 is 0 Å². The van der Waals surface area contributed by atoms with E-state index in [1.54, 1.807) is 6.33 Å². The van der Waals surface area contributed by atoms with Crippen LogP contribution >= 0.6 is 0 Å². The van der Waals surface area contributed by atoms with Crippen LogP contribution in [-0.2, 0) is 6.42 Å². The van der Waals surface area contributed by atoms with Gasteiger partial charge in [-0.1, -0.05) is 13.8 Å². The molecular formula is C10H17N3O. The minimum Gasteiger partial charge on any atom is -0.391 e. The van der Waals surface area contributed by atoms with E-state index in [-0.39, 0.29) is 6.10 Å². The maximum absolute atomic E-state index is 9.34. The van der Waals surface area contributed by atoms with Gasteiger partial charge in [-0.25, -0.2) is 9.97 Å². The molecule has 0 aliphatic carbocycles. The predicted molar refractivity (Wildman–Crippen MR) is 56.2 cm³/mol. The van der Waals surface area contributed by atoms with Crippen molar-refractivity contribution < 1.29 is 5.11 Å². The predicted octanol–water partition coefficient (Wildman–Crippen LogP) is 1.22. The number of rotatable bonds is 5. The average Bonchev–Trinajstić information content (AvgIpc) is 2.26. The summed E-state index contributed by atoms with van der Waals surface area (Å²) in [5, 5.41) is 12.4. The fraction of sp³-hybridized carbons (Fsp3) is 0.600. The van der Waals surface area contributed by atoms with Crippen LogP contribution in [0.15, 0.2) is 12.4 Å². The molecule has 2 N–H and O–H groups in total. The molecule has 0 aliphatic heterocycles. The van der Waals surface area contributed by atoms with Gasteiger partial charge in [0, 0.05) is 18.3 Å². The van der Waals surface area contributed by atoms with E-state index in [1.807, 2.05) is 19.9 Å². The number of nitrogens with zero attached hydrogens (tertiary/aromatic N) is 2. The first kappa shape index (κ1) is 10.9. The summed E-state index contributed by atoms with van der Waals surface area (Å²) < 4.78 is 0. The normalized spacial score (nSPS) is 12.5. The lowest BCUT2D eigenvalue weighted by molar-refractivity contribution is 0.183. The summed E-state index contributed by atoms with van der Waals surface area (Å²) in [6, 6.07) is 1.91. The highest BCUT2D eigenvalue weighted by atomic mass is 16.3. The number of hydrogen-bond acceptors (Lipinski definition) is 4. The van der Waals surface area contributed by atoms with Crippen LogP contribution in [0.4, 0.5) is 5.82 Å². The SMILES string of the molecule is CCc1cc(NCC(O)CC)ncn1. The number of nitrogens with one attached hydrogen (secondary N) is 1. The number of aromatic nitrogens is 2. The molecule has 1 heterocycles. The summed E-state index contributed by atoms with van der Waals surface area (Å²) >= 11 is 0. The first-order valence-corrected chi connectivity index (χ1v) is 4.99. The van der Waals surface area contributed by atoms with Crippen LogP contribution in [0.1, 0.15) is 26.0 Å². The second-order valence-electron chi connectivity index (χ2n) is 3.19. The quantitative estimate of drug-likeness (QED) is 0.741. The van der Waals surface area contributed by atoms with Gasteiger partial charge in [-0.2, -0.15) is 0 Å². The van der Waals surface area contributed by atoms with Crippen molar-refractivity contribution in [3.8, 4) is 0 Å². The molecule has 0 bridgehead atoms. The number of hydrogen-bond donors (Lipinski definition) is 2. The van der Waals surface area contributed by atoms with E-state index in [0.29, 0.717) is 6.54 Å². The third-order valence-corrected chi connectivity index (χ3v) is 2.08. The van der Waals surface area contributed by atoms with Crippen molar-refractivity contribution >= 4 is 5.82 Å². The topological polar surface area (TPSA) is 58.0 Å². The lowest BCUT2D eigenvalue weighted by Gasteiger charge is -2.09. The fourth-order valence-corrected chi connectivity index (χ4v) is 1.05. The third kappa shape index (κ3) is 3.30. The molecule has 1 aromatic heterocycles. The Hall–Kier alpha value is -1.16. The average molecular weight is 195 g/mol. The van der Waals surface area contributed by atoms with Crippen molar-refractivity contribution in [2.75, 3.05) is 11.9 Å². The van der Waals surface area contributed by atoms with E-state index in [9.17, 15) is 5.11 Å². The van der Waals surface area contributed by atoms with Gasteiger partial charge in [-0.15, -0.1) is 0 Å². The van der Waals surface area contributed by atoms with Gasteiger partial charge in [-0.3, -0.25) is 0 Å². The molecule has 78 valence electrons. The van der Waals surface area contributed by atoms with Gasteiger partial charge in [0.05, 0.1) is 6.10 Å². The molecule has 4 nitrogen and oxygen atoms in total. The van der Waals surface area contributed by atoms with Crippen molar-refractivity contribution in [1.82, 2.24) is 9.97 Å².